The van der Waals surface area contributed by atoms with Gasteiger partial charge in [-0.1, -0.05) is 32.3 Å². The maximum atomic E-state index is 13.6. The fraction of sp³-hybridized carbons (Fsp3) is 0.588. The Morgan fingerprint density at radius 3 is 2.65 bits per heavy atom. The van der Waals surface area contributed by atoms with E-state index in [0.717, 1.165) is 24.0 Å². The molecule has 0 unspecified atom stereocenters. The van der Waals surface area contributed by atoms with Crippen LogP contribution in [0.4, 0.5) is 4.39 Å². The number of benzene rings is 1. The van der Waals surface area contributed by atoms with E-state index in [4.69, 9.17) is 4.74 Å². The van der Waals surface area contributed by atoms with Crippen LogP contribution in [-0.4, -0.2) is 13.1 Å². The largest absolute Gasteiger partial charge is 0.469 e. The molecule has 20 heavy (non-hydrogen) atoms. The molecule has 1 aliphatic carbocycles. The molecule has 1 fully saturated rings. The van der Waals surface area contributed by atoms with Gasteiger partial charge in [0.15, 0.2) is 0 Å². The summed E-state index contributed by atoms with van der Waals surface area (Å²) in [4.78, 5) is 11.3. The molecule has 0 aliphatic heterocycles. The Morgan fingerprint density at radius 1 is 1.30 bits per heavy atom. The van der Waals surface area contributed by atoms with Gasteiger partial charge in [-0.25, -0.2) is 4.39 Å². The molecule has 0 spiro atoms. The van der Waals surface area contributed by atoms with Crippen molar-refractivity contribution in [2.45, 2.75) is 57.3 Å². The van der Waals surface area contributed by atoms with Crippen LogP contribution in [-0.2, 0) is 21.4 Å². The van der Waals surface area contributed by atoms with Crippen LogP contribution in [0.1, 0.15) is 56.6 Å². The molecular weight excluding hydrogens is 255 g/mol. The molecule has 110 valence electrons. The second-order valence-electron chi connectivity index (χ2n) is 6.00. The SMILES string of the molecule is COC(=O)CCc1ccc(F)cc1C1(C)CCCCC1. The average Bonchev–Trinajstić information content (AvgIpc) is 2.46. The van der Waals surface area contributed by atoms with Crippen molar-refractivity contribution in [2.75, 3.05) is 7.11 Å². The Labute approximate surface area is 120 Å². The number of ether oxygens (including phenoxy) is 1. The lowest BCUT2D eigenvalue weighted by Crippen LogP contribution is -2.27. The molecule has 0 saturated heterocycles. The van der Waals surface area contributed by atoms with E-state index in [1.54, 1.807) is 6.07 Å². The minimum absolute atomic E-state index is 0.0474. The van der Waals surface area contributed by atoms with Gasteiger partial charge in [-0.05, 0) is 47.9 Å². The second kappa shape index (κ2) is 6.38. The Balaban J connectivity index is 2.25. The summed E-state index contributed by atoms with van der Waals surface area (Å²) in [7, 11) is 1.40. The summed E-state index contributed by atoms with van der Waals surface area (Å²) in [6.45, 7) is 2.22. The molecule has 0 amide bonds. The summed E-state index contributed by atoms with van der Waals surface area (Å²) in [5, 5.41) is 0. The van der Waals surface area contributed by atoms with Crippen LogP contribution in [0.15, 0.2) is 18.2 Å². The number of methoxy groups -OCH3 is 1. The molecule has 3 heteroatoms. The zero-order valence-corrected chi connectivity index (χ0v) is 12.4. The lowest BCUT2D eigenvalue weighted by Gasteiger charge is -2.35. The highest BCUT2D eigenvalue weighted by atomic mass is 19.1. The molecule has 1 aromatic carbocycles. The first-order chi connectivity index (χ1) is 9.55. The van der Waals surface area contributed by atoms with Gasteiger partial charge >= 0.3 is 5.97 Å². The van der Waals surface area contributed by atoms with Crippen LogP contribution in [0, 0.1) is 5.82 Å². The maximum Gasteiger partial charge on any atom is 0.305 e. The van der Waals surface area contributed by atoms with E-state index in [9.17, 15) is 9.18 Å². The third kappa shape index (κ3) is 3.38. The Kier molecular flexibility index (Phi) is 4.79. The molecule has 1 aromatic rings. The van der Waals surface area contributed by atoms with Crippen LogP contribution in [0.3, 0.4) is 0 Å². The van der Waals surface area contributed by atoms with Gasteiger partial charge < -0.3 is 4.74 Å². The molecular formula is C17H23FO2. The molecule has 0 atom stereocenters. The van der Waals surface area contributed by atoms with Crippen molar-refractivity contribution in [1.82, 2.24) is 0 Å². The van der Waals surface area contributed by atoms with Crippen LogP contribution in [0.5, 0.6) is 0 Å². The van der Waals surface area contributed by atoms with E-state index in [2.05, 4.69) is 6.92 Å². The van der Waals surface area contributed by atoms with Crippen LogP contribution < -0.4 is 0 Å². The summed E-state index contributed by atoms with van der Waals surface area (Å²) < 4.78 is 18.3. The lowest BCUT2D eigenvalue weighted by atomic mass is 9.69. The number of esters is 1. The Bertz CT molecular complexity index is 476. The monoisotopic (exact) mass is 278 g/mol. The summed E-state index contributed by atoms with van der Waals surface area (Å²) in [5.74, 6) is -0.400. The van der Waals surface area contributed by atoms with Crippen LogP contribution in [0.25, 0.3) is 0 Å². The van der Waals surface area contributed by atoms with E-state index in [0.29, 0.717) is 12.8 Å². The van der Waals surface area contributed by atoms with Crippen LogP contribution in [0.2, 0.25) is 0 Å². The minimum Gasteiger partial charge on any atom is -0.469 e. The molecule has 0 heterocycles. The third-order valence-corrected chi connectivity index (χ3v) is 4.51. The third-order valence-electron chi connectivity index (χ3n) is 4.51. The van der Waals surface area contributed by atoms with Gasteiger partial charge in [0, 0.05) is 6.42 Å². The molecule has 0 aromatic heterocycles. The smallest absolute Gasteiger partial charge is 0.305 e. The van der Waals surface area contributed by atoms with Gasteiger partial charge in [-0.2, -0.15) is 0 Å². The first-order valence-corrected chi connectivity index (χ1v) is 7.41. The Morgan fingerprint density at radius 2 is 2.00 bits per heavy atom. The van der Waals surface area contributed by atoms with Crippen molar-refractivity contribution >= 4 is 5.97 Å². The van der Waals surface area contributed by atoms with E-state index in [-0.39, 0.29) is 17.2 Å². The predicted molar refractivity (Wildman–Crippen MR) is 77.2 cm³/mol. The first kappa shape index (κ1) is 15.0. The van der Waals surface area contributed by atoms with E-state index in [1.807, 2.05) is 6.07 Å². The minimum atomic E-state index is -0.214. The number of hydrogen-bond donors (Lipinski definition) is 0. The molecule has 1 saturated carbocycles. The topological polar surface area (TPSA) is 26.3 Å². The molecule has 0 bridgehead atoms. The highest BCUT2D eigenvalue weighted by Crippen LogP contribution is 2.41. The normalized spacial score (nSPS) is 17.8. The number of aryl methyl sites for hydroxylation is 1. The zero-order valence-electron chi connectivity index (χ0n) is 12.4. The molecule has 0 radical (unpaired) electrons. The van der Waals surface area contributed by atoms with Gasteiger partial charge in [0.1, 0.15) is 5.82 Å². The molecule has 2 nitrogen and oxygen atoms in total. The van der Waals surface area contributed by atoms with Crippen molar-refractivity contribution in [1.29, 1.82) is 0 Å². The fourth-order valence-corrected chi connectivity index (χ4v) is 3.27. The molecule has 2 rings (SSSR count). The summed E-state index contributed by atoms with van der Waals surface area (Å²) in [5.41, 5.74) is 2.22. The van der Waals surface area contributed by atoms with Gasteiger partial charge in [0.05, 0.1) is 7.11 Å². The average molecular weight is 278 g/mol. The number of halogens is 1. The van der Waals surface area contributed by atoms with Gasteiger partial charge in [0.25, 0.3) is 0 Å². The van der Waals surface area contributed by atoms with Crippen molar-refractivity contribution in [3.8, 4) is 0 Å². The highest BCUT2D eigenvalue weighted by Gasteiger charge is 2.31. The highest BCUT2D eigenvalue weighted by molar-refractivity contribution is 5.69. The van der Waals surface area contributed by atoms with E-state index in [1.165, 1.54) is 32.4 Å². The maximum absolute atomic E-state index is 13.6. The van der Waals surface area contributed by atoms with Gasteiger partial charge in [-0.3, -0.25) is 4.79 Å². The number of carbonyl (C=O) groups is 1. The van der Waals surface area contributed by atoms with Crippen LogP contribution >= 0.6 is 0 Å². The van der Waals surface area contributed by atoms with Crippen molar-refractivity contribution in [3.63, 3.8) is 0 Å². The van der Waals surface area contributed by atoms with Gasteiger partial charge in [0.2, 0.25) is 0 Å². The molecule has 1 aliphatic rings. The summed E-state index contributed by atoms with van der Waals surface area (Å²) >= 11 is 0. The Hall–Kier alpha value is -1.38. The lowest BCUT2D eigenvalue weighted by molar-refractivity contribution is -0.140. The van der Waals surface area contributed by atoms with Crippen molar-refractivity contribution < 1.29 is 13.9 Å². The number of carbonyl (C=O) groups excluding carboxylic acids is 1. The van der Waals surface area contributed by atoms with E-state index >= 15 is 0 Å². The van der Waals surface area contributed by atoms with Gasteiger partial charge in [-0.15, -0.1) is 0 Å². The second-order valence-corrected chi connectivity index (χ2v) is 6.00. The zero-order chi connectivity index (χ0) is 14.6. The quantitative estimate of drug-likeness (QED) is 0.773. The fourth-order valence-electron chi connectivity index (χ4n) is 3.27. The van der Waals surface area contributed by atoms with Crippen molar-refractivity contribution in [3.05, 3.63) is 35.1 Å². The van der Waals surface area contributed by atoms with Crippen molar-refractivity contribution in [2.24, 2.45) is 0 Å². The summed E-state index contributed by atoms with van der Waals surface area (Å²) in [6, 6.07) is 4.98. The van der Waals surface area contributed by atoms with E-state index < -0.39 is 0 Å². The predicted octanol–water partition coefficient (Wildman–Crippen LogP) is 4.15. The number of rotatable bonds is 4. The summed E-state index contributed by atoms with van der Waals surface area (Å²) in [6.07, 6.45) is 6.84. The standard InChI is InChI=1S/C17H23FO2/c1-17(10-4-3-5-11-17)15-12-14(18)8-6-13(15)7-9-16(19)20-2/h6,8,12H,3-5,7,9-11H2,1-2H3. The first-order valence-electron chi connectivity index (χ1n) is 7.41. The number of hydrogen-bond acceptors (Lipinski definition) is 2. The molecule has 0 N–H and O–H groups in total.